The molecule has 0 heterocycles. The number of benzene rings is 1. The van der Waals surface area contributed by atoms with Crippen LogP contribution in [0.1, 0.15) is 24.0 Å². The Hall–Kier alpha value is -2.05. The van der Waals surface area contributed by atoms with E-state index in [0.29, 0.717) is 0 Å². The van der Waals surface area contributed by atoms with E-state index in [1.807, 2.05) is 0 Å². The summed E-state index contributed by atoms with van der Waals surface area (Å²) in [5.41, 5.74) is -0.538. The van der Waals surface area contributed by atoms with Crippen molar-refractivity contribution in [3.63, 3.8) is 0 Å². The van der Waals surface area contributed by atoms with E-state index in [0.717, 1.165) is 12.1 Å². The van der Waals surface area contributed by atoms with Crippen molar-refractivity contribution in [2.75, 3.05) is 6.54 Å². The van der Waals surface area contributed by atoms with Gasteiger partial charge >= 0.3 is 12.1 Å². The van der Waals surface area contributed by atoms with Crippen LogP contribution in [0.3, 0.4) is 0 Å². The van der Waals surface area contributed by atoms with Gasteiger partial charge in [-0.05, 0) is 18.1 Å². The van der Waals surface area contributed by atoms with Crippen LogP contribution < -0.4 is 5.32 Å². The largest absolute Gasteiger partial charge is 0.481 e. The van der Waals surface area contributed by atoms with Crippen molar-refractivity contribution in [2.24, 2.45) is 0 Å². The van der Waals surface area contributed by atoms with Gasteiger partial charge in [-0.15, -0.1) is 0 Å². The fourth-order valence-corrected chi connectivity index (χ4v) is 1.57. The number of amides is 1. The van der Waals surface area contributed by atoms with Gasteiger partial charge in [0.05, 0.1) is 12.0 Å². The van der Waals surface area contributed by atoms with Crippen LogP contribution in [-0.2, 0) is 22.2 Å². The average Bonchev–Trinajstić information content (AvgIpc) is 2.34. The van der Waals surface area contributed by atoms with Crippen molar-refractivity contribution < 1.29 is 27.9 Å². The molecular weight excluding hydrogens is 275 g/mol. The molecule has 0 aliphatic rings. The van der Waals surface area contributed by atoms with Crippen LogP contribution in [0.4, 0.5) is 13.2 Å². The standard InChI is InChI=1S/C13H14F3NO3/c14-13(15,16)10-4-1-3-9(7-10)8-11(18)17-6-2-5-12(19)20/h1,3-4,7H,2,5-6,8H2,(H,17,18)(H,19,20). The second-order valence-electron chi connectivity index (χ2n) is 4.22. The molecule has 0 atom stereocenters. The topological polar surface area (TPSA) is 66.4 Å². The molecule has 1 rings (SSSR count). The number of carboxylic acids is 1. The lowest BCUT2D eigenvalue weighted by Gasteiger charge is -2.09. The number of nitrogens with one attached hydrogen (secondary N) is 1. The molecule has 1 aromatic carbocycles. The first kappa shape index (κ1) is 16.0. The SMILES string of the molecule is O=C(O)CCCNC(=O)Cc1cccc(C(F)(F)F)c1. The molecule has 2 N–H and O–H groups in total. The molecule has 0 aliphatic carbocycles. The van der Waals surface area contributed by atoms with Gasteiger partial charge in [0, 0.05) is 13.0 Å². The molecule has 0 radical (unpaired) electrons. The lowest BCUT2D eigenvalue weighted by molar-refractivity contribution is -0.138. The summed E-state index contributed by atoms with van der Waals surface area (Å²) in [7, 11) is 0. The highest BCUT2D eigenvalue weighted by atomic mass is 19.4. The zero-order chi connectivity index (χ0) is 15.2. The molecule has 1 aromatic rings. The summed E-state index contributed by atoms with van der Waals surface area (Å²) < 4.78 is 37.4. The van der Waals surface area contributed by atoms with E-state index < -0.39 is 23.6 Å². The van der Waals surface area contributed by atoms with Gasteiger partial charge in [-0.1, -0.05) is 18.2 Å². The third kappa shape index (κ3) is 5.73. The summed E-state index contributed by atoms with van der Waals surface area (Å²) in [6.07, 6.45) is -4.39. The fourth-order valence-electron chi connectivity index (χ4n) is 1.57. The first-order chi connectivity index (χ1) is 9.29. The monoisotopic (exact) mass is 289 g/mol. The lowest BCUT2D eigenvalue weighted by atomic mass is 10.1. The number of halogens is 3. The Morgan fingerprint density at radius 1 is 1.25 bits per heavy atom. The summed E-state index contributed by atoms with van der Waals surface area (Å²) in [4.78, 5) is 21.7. The maximum Gasteiger partial charge on any atom is 0.416 e. The number of carbonyl (C=O) groups is 2. The lowest BCUT2D eigenvalue weighted by Crippen LogP contribution is -2.26. The van der Waals surface area contributed by atoms with Crippen molar-refractivity contribution in [3.8, 4) is 0 Å². The molecule has 0 saturated carbocycles. The Balaban J connectivity index is 2.48. The molecular formula is C13H14F3NO3. The summed E-state index contributed by atoms with van der Waals surface area (Å²) in [5, 5.41) is 10.9. The highest BCUT2D eigenvalue weighted by Crippen LogP contribution is 2.29. The molecule has 7 heteroatoms. The van der Waals surface area contributed by atoms with Gasteiger partial charge in [-0.2, -0.15) is 13.2 Å². The molecule has 0 aliphatic heterocycles. The van der Waals surface area contributed by atoms with Crippen molar-refractivity contribution >= 4 is 11.9 Å². The Morgan fingerprint density at radius 3 is 2.55 bits per heavy atom. The van der Waals surface area contributed by atoms with Crippen LogP contribution in [0.2, 0.25) is 0 Å². The van der Waals surface area contributed by atoms with E-state index in [1.54, 1.807) is 0 Å². The summed E-state index contributed by atoms with van der Waals surface area (Å²) in [6.45, 7) is 0.185. The summed E-state index contributed by atoms with van der Waals surface area (Å²) in [6, 6.07) is 4.55. The van der Waals surface area contributed by atoms with Gasteiger partial charge in [-0.3, -0.25) is 9.59 Å². The number of alkyl halides is 3. The normalized spacial score (nSPS) is 11.2. The highest BCUT2D eigenvalue weighted by Gasteiger charge is 2.30. The second kappa shape index (κ2) is 6.93. The number of hydrogen-bond acceptors (Lipinski definition) is 2. The second-order valence-corrected chi connectivity index (χ2v) is 4.22. The third-order valence-corrected chi connectivity index (χ3v) is 2.51. The first-order valence-corrected chi connectivity index (χ1v) is 5.93. The molecule has 0 aromatic heterocycles. The zero-order valence-electron chi connectivity index (χ0n) is 10.5. The fraction of sp³-hybridized carbons (Fsp3) is 0.385. The van der Waals surface area contributed by atoms with Gasteiger partial charge < -0.3 is 10.4 Å². The van der Waals surface area contributed by atoms with E-state index in [9.17, 15) is 22.8 Å². The van der Waals surface area contributed by atoms with Crippen LogP contribution in [0, 0.1) is 0 Å². The predicted octanol–water partition coefficient (Wildman–Crippen LogP) is 2.23. The maximum atomic E-state index is 12.5. The van der Waals surface area contributed by atoms with E-state index >= 15 is 0 Å². The molecule has 0 fully saturated rings. The van der Waals surface area contributed by atoms with Crippen LogP contribution in [0.5, 0.6) is 0 Å². The highest BCUT2D eigenvalue weighted by molar-refractivity contribution is 5.78. The van der Waals surface area contributed by atoms with Crippen LogP contribution in [0.15, 0.2) is 24.3 Å². The molecule has 0 saturated heterocycles. The Labute approximate surface area is 113 Å². The number of carboxylic acid groups (broad SMARTS) is 1. The molecule has 0 spiro atoms. The minimum absolute atomic E-state index is 0.0656. The Bertz CT molecular complexity index is 486. The van der Waals surface area contributed by atoms with E-state index in [-0.39, 0.29) is 31.4 Å². The van der Waals surface area contributed by atoms with Crippen LogP contribution >= 0.6 is 0 Å². The minimum Gasteiger partial charge on any atom is -0.481 e. The minimum atomic E-state index is -4.44. The number of carbonyl (C=O) groups excluding carboxylic acids is 1. The Kier molecular flexibility index (Phi) is 5.54. The van der Waals surface area contributed by atoms with E-state index in [2.05, 4.69) is 5.32 Å². The van der Waals surface area contributed by atoms with E-state index in [1.165, 1.54) is 12.1 Å². The molecule has 0 bridgehead atoms. The molecule has 4 nitrogen and oxygen atoms in total. The average molecular weight is 289 g/mol. The molecule has 20 heavy (non-hydrogen) atoms. The maximum absolute atomic E-state index is 12.5. The number of aliphatic carboxylic acids is 1. The molecule has 110 valence electrons. The summed E-state index contributed by atoms with van der Waals surface area (Å²) in [5.74, 6) is -1.40. The van der Waals surface area contributed by atoms with Gasteiger partial charge in [0.15, 0.2) is 0 Å². The molecule has 0 unspecified atom stereocenters. The van der Waals surface area contributed by atoms with Crippen LogP contribution in [0.25, 0.3) is 0 Å². The number of rotatable bonds is 6. The summed E-state index contributed by atoms with van der Waals surface area (Å²) >= 11 is 0. The first-order valence-electron chi connectivity index (χ1n) is 5.93. The Morgan fingerprint density at radius 2 is 1.95 bits per heavy atom. The van der Waals surface area contributed by atoms with Gasteiger partial charge in [0.2, 0.25) is 5.91 Å². The zero-order valence-corrected chi connectivity index (χ0v) is 10.5. The van der Waals surface area contributed by atoms with Crippen molar-refractivity contribution in [2.45, 2.75) is 25.4 Å². The smallest absolute Gasteiger partial charge is 0.416 e. The number of hydrogen-bond donors (Lipinski definition) is 2. The molecule has 1 amide bonds. The van der Waals surface area contributed by atoms with Gasteiger partial charge in [-0.25, -0.2) is 0 Å². The van der Waals surface area contributed by atoms with Crippen molar-refractivity contribution in [3.05, 3.63) is 35.4 Å². The third-order valence-electron chi connectivity index (χ3n) is 2.51. The van der Waals surface area contributed by atoms with Gasteiger partial charge in [0.25, 0.3) is 0 Å². The van der Waals surface area contributed by atoms with E-state index in [4.69, 9.17) is 5.11 Å². The van der Waals surface area contributed by atoms with Crippen molar-refractivity contribution in [1.29, 1.82) is 0 Å². The van der Waals surface area contributed by atoms with Crippen LogP contribution in [-0.4, -0.2) is 23.5 Å². The van der Waals surface area contributed by atoms with Crippen molar-refractivity contribution in [1.82, 2.24) is 5.32 Å². The quantitative estimate of drug-likeness (QED) is 0.789. The predicted molar refractivity (Wildman–Crippen MR) is 65.0 cm³/mol. The van der Waals surface area contributed by atoms with Gasteiger partial charge in [0.1, 0.15) is 0 Å².